The molecule has 2 aromatic carbocycles. The van der Waals surface area contributed by atoms with Gasteiger partial charge in [-0.25, -0.2) is 0 Å². The van der Waals surface area contributed by atoms with Crippen LogP contribution in [0.15, 0.2) is 48.5 Å². The summed E-state index contributed by atoms with van der Waals surface area (Å²) in [5, 5.41) is 7.75. The van der Waals surface area contributed by atoms with Gasteiger partial charge in [-0.2, -0.15) is 0 Å². The second kappa shape index (κ2) is 17.8. The molecule has 232 valence electrons. The molecule has 2 aliphatic carbocycles. The van der Waals surface area contributed by atoms with Gasteiger partial charge >= 0.3 is 5.97 Å². The van der Waals surface area contributed by atoms with Crippen LogP contribution in [0.5, 0.6) is 0 Å². The summed E-state index contributed by atoms with van der Waals surface area (Å²) in [6.07, 6.45) is 13.8. The SMILES string of the molecule is CCCCOC(=O)CCN(Cc1ccc(CNC2CCCCC2NCc2ccc(CC)cc2)cc1)C1CCCCC1C. The normalized spacial score (nSPS) is 22.8. The summed E-state index contributed by atoms with van der Waals surface area (Å²) in [6.45, 7) is 10.8. The minimum absolute atomic E-state index is 0.0526. The second-order valence-electron chi connectivity index (χ2n) is 12.9. The van der Waals surface area contributed by atoms with Gasteiger partial charge in [0.2, 0.25) is 0 Å². The topological polar surface area (TPSA) is 53.6 Å². The highest BCUT2D eigenvalue weighted by Crippen LogP contribution is 2.29. The van der Waals surface area contributed by atoms with Crippen molar-refractivity contribution >= 4 is 5.97 Å². The number of nitrogens with one attached hydrogen (secondary N) is 2. The van der Waals surface area contributed by atoms with E-state index in [0.29, 0.717) is 37.1 Å². The zero-order valence-electron chi connectivity index (χ0n) is 26.7. The molecule has 0 saturated heterocycles. The van der Waals surface area contributed by atoms with E-state index in [1.807, 2.05) is 0 Å². The standard InChI is InChI=1S/C37H57N3O2/c1-4-6-25-42-37(41)23-24-40(36-14-10-7-11-29(36)3)28-33-21-19-32(20-22-33)27-39-35-13-9-8-12-34(35)38-26-31-17-15-30(5-2)16-18-31/h15-22,29,34-36,38-39H,4-14,23-28H2,1-3H3. The van der Waals surface area contributed by atoms with Crippen LogP contribution in [-0.2, 0) is 35.6 Å². The quantitative estimate of drug-likeness (QED) is 0.160. The zero-order valence-corrected chi connectivity index (χ0v) is 26.7. The molecule has 4 atom stereocenters. The average Bonchev–Trinajstić information content (AvgIpc) is 3.02. The Hall–Kier alpha value is -2.21. The summed E-state index contributed by atoms with van der Waals surface area (Å²) in [5.41, 5.74) is 5.45. The van der Waals surface area contributed by atoms with Crippen molar-refractivity contribution in [3.63, 3.8) is 0 Å². The molecule has 2 aromatic rings. The fourth-order valence-corrected chi connectivity index (χ4v) is 6.85. The zero-order chi connectivity index (χ0) is 29.6. The third kappa shape index (κ3) is 10.5. The van der Waals surface area contributed by atoms with Crippen LogP contribution >= 0.6 is 0 Å². The van der Waals surface area contributed by atoms with E-state index in [0.717, 1.165) is 45.4 Å². The Labute approximate surface area is 256 Å². The van der Waals surface area contributed by atoms with E-state index in [1.54, 1.807) is 0 Å². The third-order valence-electron chi connectivity index (χ3n) is 9.64. The van der Waals surface area contributed by atoms with E-state index in [4.69, 9.17) is 4.74 Å². The number of ether oxygens (including phenoxy) is 1. The molecule has 5 nitrogen and oxygen atoms in total. The highest BCUT2D eigenvalue weighted by molar-refractivity contribution is 5.69. The van der Waals surface area contributed by atoms with Crippen LogP contribution in [-0.4, -0.2) is 42.1 Å². The first-order valence-electron chi connectivity index (χ1n) is 17.1. The Morgan fingerprint density at radius 1 is 0.786 bits per heavy atom. The lowest BCUT2D eigenvalue weighted by molar-refractivity contribution is -0.144. The molecule has 0 spiro atoms. The third-order valence-corrected chi connectivity index (χ3v) is 9.64. The number of carbonyl (C=O) groups excluding carboxylic acids is 1. The number of unbranched alkanes of at least 4 members (excludes halogenated alkanes) is 1. The van der Waals surface area contributed by atoms with Gasteiger partial charge in [-0.3, -0.25) is 9.69 Å². The van der Waals surface area contributed by atoms with Crippen molar-refractivity contribution in [1.29, 1.82) is 0 Å². The average molecular weight is 576 g/mol. The summed E-state index contributed by atoms with van der Waals surface area (Å²) in [5.74, 6) is 0.620. The van der Waals surface area contributed by atoms with Crippen molar-refractivity contribution in [2.75, 3.05) is 13.2 Å². The summed E-state index contributed by atoms with van der Waals surface area (Å²) in [4.78, 5) is 14.9. The second-order valence-corrected chi connectivity index (χ2v) is 12.9. The maximum Gasteiger partial charge on any atom is 0.307 e. The van der Waals surface area contributed by atoms with Crippen molar-refractivity contribution in [2.45, 2.75) is 136 Å². The van der Waals surface area contributed by atoms with Gasteiger partial charge in [-0.05, 0) is 66.7 Å². The Morgan fingerprint density at radius 2 is 1.33 bits per heavy atom. The number of nitrogens with zero attached hydrogens (tertiary/aromatic N) is 1. The monoisotopic (exact) mass is 575 g/mol. The van der Waals surface area contributed by atoms with Crippen LogP contribution < -0.4 is 10.6 Å². The Morgan fingerprint density at radius 3 is 1.90 bits per heavy atom. The van der Waals surface area contributed by atoms with E-state index >= 15 is 0 Å². The number of esters is 1. The van der Waals surface area contributed by atoms with Gasteiger partial charge in [0.1, 0.15) is 0 Å². The van der Waals surface area contributed by atoms with Gasteiger partial charge < -0.3 is 15.4 Å². The number of hydrogen-bond donors (Lipinski definition) is 2. The lowest BCUT2D eigenvalue weighted by Gasteiger charge is -2.38. The minimum Gasteiger partial charge on any atom is -0.466 e. The molecule has 0 bridgehead atoms. The van der Waals surface area contributed by atoms with Crippen LogP contribution in [0.1, 0.15) is 114 Å². The van der Waals surface area contributed by atoms with Crippen molar-refractivity contribution < 1.29 is 9.53 Å². The first kappa shape index (κ1) is 32.7. The minimum atomic E-state index is -0.0526. The van der Waals surface area contributed by atoms with E-state index in [-0.39, 0.29) is 5.97 Å². The van der Waals surface area contributed by atoms with Gasteiger partial charge in [0.25, 0.3) is 0 Å². The number of aryl methyl sites for hydroxylation is 1. The molecule has 0 aromatic heterocycles. The van der Waals surface area contributed by atoms with Crippen LogP contribution in [0.4, 0.5) is 0 Å². The van der Waals surface area contributed by atoms with E-state index in [1.165, 1.54) is 73.6 Å². The van der Waals surface area contributed by atoms with E-state index in [2.05, 4.69) is 84.8 Å². The van der Waals surface area contributed by atoms with Crippen LogP contribution in [0, 0.1) is 5.92 Å². The van der Waals surface area contributed by atoms with Crippen LogP contribution in [0.3, 0.4) is 0 Å². The van der Waals surface area contributed by atoms with Crippen molar-refractivity contribution in [3.05, 3.63) is 70.8 Å². The Balaban J connectivity index is 1.28. The molecule has 2 saturated carbocycles. The van der Waals surface area contributed by atoms with Crippen molar-refractivity contribution in [1.82, 2.24) is 15.5 Å². The molecule has 2 N–H and O–H groups in total. The first-order chi connectivity index (χ1) is 20.6. The molecule has 4 rings (SSSR count). The largest absolute Gasteiger partial charge is 0.466 e. The van der Waals surface area contributed by atoms with E-state index < -0.39 is 0 Å². The van der Waals surface area contributed by atoms with Crippen LogP contribution in [0.2, 0.25) is 0 Å². The Kier molecular flexibility index (Phi) is 13.9. The molecule has 0 aliphatic heterocycles. The first-order valence-corrected chi connectivity index (χ1v) is 17.1. The summed E-state index contributed by atoms with van der Waals surface area (Å²) in [7, 11) is 0. The van der Waals surface area contributed by atoms with Gasteiger partial charge in [-0.15, -0.1) is 0 Å². The van der Waals surface area contributed by atoms with E-state index in [9.17, 15) is 4.79 Å². The highest BCUT2D eigenvalue weighted by atomic mass is 16.5. The van der Waals surface area contributed by atoms with Gasteiger partial charge in [-0.1, -0.05) is 101 Å². The van der Waals surface area contributed by atoms with Gasteiger partial charge in [0.15, 0.2) is 0 Å². The molecule has 2 aliphatic rings. The van der Waals surface area contributed by atoms with Crippen molar-refractivity contribution in [2.24, 2.45) is 5.92 Å². The molecule has 5 heteroatoms. The van der Waals surface area contributed by atoms with Gasteiger partial charge in [0, 0.05) is 44.3 Å². The molecular weight excluding hydrogens is 518 g/mol. The van der Waals surface area contributed by atoms with Gasteiger partial charge in [0.05, 0.1) is 13.0 Å². The number of benzene rings is 2. The van der Waals surface area contributed by atoms with Crippen molar-refractivity contribution in [3.8, 4) is 0 Å². The fraction of sp³-hybridized carbons (Fsp3) is 0.649. The molecule has 42 heavy (non-hydrogen) atoms. The summed E-state index contributed by atoms with van der Waals surface area (Å²) < 4.78 is 5.47. The number of rotatable bonds is 16. The summed E-state index contributed by atoms with van der Waals surface area (Å²) >= 11 is 0. The molecule has 0 radical (unpaired) electrons. The Bertz CT molecular complexity index is 1040. The molecular formula is C37H57N3O2. The summed E-state index contributed by atoms with van der Waals surface area (Å²) in [6, 6.07) is 19.8. The fourth-order valence-electron chi connectivity index (χ4n) is 6.85. The predicted octanol–water partition coefficient (Wildman–Crippen LogP) is 7.55. The molecule has 2 fully saturated rings. The number of hydrogen-bond acceptors (Lipinski definition) is 5. The smallest absolute Gasteiger partial charge is 0.307 e. The highest BCUT2D eigenvalue weighted by Gasteiger charge is 2.28. The maximum atomic E-state index is 12.4. The molecule has 0 amide bonds. The lowest BCUT2D eigenvalue weighted by atomic mass is 9.84. The lowest BCUT2D eigenvalue weighted by Crippen LogP contribution is -2.49. The maximum absolute atomic E-state index is 12.4. The van der Waals surface area contributed by atoms with Crippen LogP contribution in [0.25, 0.3) is 0 Å². The molecule has 4 unspecified atom stereocenters. The predicted molar refractivity (Wildman–Crippen MR) is 174 cm³/mol. The number of carbonyl (C=O) groups is 1. The molecule has 0 heterocycles.